The van der Waals surface area contributed by atoms with Gasteiger partial charge in [0, 0.05) is 18.2 Å². The minimum atomic E-state index is -0.631. The van der Waals surface area contributed by atoms with Crippen LogP contribution in [0.15, 0.2) is 72.2 Å². The van der Waals surface area contributed by atoms with Crippen molar-refractivity contribution in [3.8, 4) is 11.1 Å². The first-order valence-electron chi connectivity index (χ1n) is 13.6. The van der Waals surface area contributed by atoms with Gasteiger partial charge in [-0.25, -0.2) is 4.79 Å². The lowest BCUT2D eigenvalue weighted by molar-refractivity contribution is 0.00578. The van der Waals surface area contributed by atoms with E-state index in [1.165, 1.54) is 27.8 Å². The summed E-state index contributed by atoms with van der Waals surface area (Å²) in [7, 11) is -0.631. The normalized spacial score (nSPS) is 17.6. The van der Waals surface area contributed by atoms with Gasteiger partial charge in [-0.2, -0.15) is 0 Å². The standard InChI is InChI=1S/C32H37BN2O4/c1-6-21-15-16-29(34)22(17-21)18-23(33-38-31(2,3)32(4,5)39-33)19-35-30(36)37-20-28-26-13-9-7-11-24(26)25-12-8-10-14-27(25)28/h7-18,28H,6,19-20,34H2,1-5H3,(H,35,36). The average Bonchev–Trinajstić information content (AvgIpc) is 3.35. The zero-order valence-electron chi connectivity index (χ0n) is 23.4. The molecule has 0 radical (unpaired) electrons. The predicted octanol–water partition coefficient (Wildman–Crippen LogP) is 6.38. The lowest BCUT2D eigenvalue weighted by Gasteiger charge is -2.32. The topological polar surface area (TPSA) is 82.8 Å². The Morgan fingerprint density at radius 1 is 0.974 bits per heavy atom. The number of hydrogen-bond acceptors (Lipinski definition) is 5. The van der Waals surface area contributed by atoms with Crippen LogP contribution in [0.2, 0.25) is 0 Å². The predicted molar refractivity (Wildman–Crippen MR) is 157 cm³/mol. The summed E-state index contributed by atoms with van der Waals surface area (Å²) in [5, 5.41) is 2.92. The summed E-state index contributed by atoms with van der Waals surface area (Å²) in [5.74, 6) is -0.00200. The maximum atomic E-state index is 13.0. The molecule has 6 nitrogen and oxygen atoms in total. The summed E-state index contributed by atoms with van der Waals surface area (Å²) < 4.78 is 18.4. The molecule has 0 bridgehead atoms. The summed E-state index contributed by atoms with van der Waals surface area (Å²) >= 11 is 0. The van der Waals surface area contributed by atoms with Gasteiger partial charge in [0.25, 0.3) is 0 Å². The van der Waals surface area contributed by atoms with Crippen LogP contribution in [-0.4, -0.2) is 37.6 Å². The lowest BCUT2D eigenvalue weighted by Crippen LogP contribution is -2.41. The second-order valence-corrected chi connectivity index (χ2v) is 11.3. The number of alkyl carbamates (subject to hydrolysis) is 1. The maximum absolute atomic E-state index is 13.0. The Hall–Kier alpha value is -3.55. The van der Waals surface area contributed by atoms with Gasteiger partial charge in [-0.1, -0.05) is 67.6 Å². The van der Waals surface area contributed by atoms with E-state index in [1.54, 1.807) is 0 Å². The van der Waals surface area contributed by atoms with Crippen LogP contribution < -0.4 is 11.1 Å². The van der Waals surface area contributed by atoms with E-state index in [1.807, 2.05) is 70.2 Å². The Kier molecular flexibility index (Phi) is 7.32. The molecule has 0 saturated carbocycles. The molecule has 202 valence electrons. The molecule has 3 aromatic rings. The number of nitrogens with one attached hydrogen (secondary N) is 1. The van der Waals surface area contributed by atoms with Crippen molar-refractivity contribution in [2.24, 2.45) is 0 Å². The second-order valence-electron chi connectivity index (χ2n) is 11.3. The van der Waals surface area contributed by atoms with Crippen LogP contribution in [0.3, 0.4) is 0 Å². The molecule has 39 heavy (non-hydrogen) atoms. The number of carbonyl (C=O) groups is 1. The highest BCUT2D eigenvalue weighted by Gasteiger charge is 2.52. The van der Waals surface area contributed by atoms with Crippen molar-refractivity contribution in [1.82, 2.24) is 5.32 Å². The van der Waals surface area contributed by atoms with E-state index < -0.39 is 24.4 Å². The van der Waals surface area contributed by atoms with Crippen LogP contribution >= 0.6 is 0 Å². The van der Waals surface area contributed by atoms with Crippen molar-refractivity contribution in [1.29, 1.82) is 0 Å². The Labute approximate surface area is 231 Å². The summed E-state index contributed by atoms with van der Waals surface area (Å²) in [6.45, 7) is 10.6. The summed E-state index contributed by atoms with van der Waals surface area (Å²) in [6.07, 6.45) is 2.36. The number of rotatable bonds is 7. The first kappa shape index (κ1) is 27.0. The largest absolute Gasteiger partial charge is 0.492 e. The molecule has 1 aliphatic heterocycles. The minimum absolute atomic E-state index is 0.00200. The minimum Gasteiger partial charge on any atom is -0.449 e. The zero-order valence-corrected chi connectivity index (χ0v) is 23.4. The Balaban J connectivity index is 1.32. The molecule has 3 N–H and O–H groups in total. The summed E-state index contributed by atoms with van der Waals surface area (Å²) in [5.41, 5.74) is 13.5. The van der Waals surface area contributed by atoms with Crippen molar-refractivity contribution in [3.63, 3.8) is 0 Å². The van der Waals surface area contributed by atoms with Gasteiger partial charge in [-0.05, 0) is 85.1 Å². The zero-order chi connectivity index (χ0) is 27.8. The Morgan fingerprint density at radius 3 is 2.15 bits per heavy atom. The van der Waals surface area contributed by atoms with Crippen LogP contribution in [0.1, 0.15) is 62.8 Å². The molecule has 5 rings (SSSR count). The number of carbonyl (C=O) groups excluding carboxylic acids is 1. The van der Waals surface area contributed by atoms with Crippen LogP contribution in [0, 0.1) is 0 Å². The molecule has 0 aromatic heterocycles. The second kappa shape index (κ2) is 10.6. The third-order valence-electron chi connectivity index (χ3n) is 8.24. The summed E-state index contributed by atoms with van der Waals surface area (Å²) in [4.78, 5) is 13.0. The number of nitrogens with two attached hydrogens (primary N) is 1. The molecule has 1 amide bonds. The molecule has 2 aliphatic rings. The molecule has 0 atom stereocenters. The highest BCUT2D eigenvalue weighted by Crippen LogP contribution is 2.44. The molecule has 0 spiro atoms. The number of anilines is 1. The van der Waals surface area contributed by atoms with Crippen molar-refractivity contribution in [3.05, 3.63) is 94.5 Å². The Morgan fingerprint density at radius 2 is 1.56 bits per heavy atom. The van der Waals surface area contributed by atoms with Gasteiger partial charge in [0.05, 0.1) is 11.2 Å². The monoisotopic (exact) mass is 524 g/mol. The van der Waals surface area contributed by atoms with Crippen molar-refractivity contribution in [2.75, 3.05) is 18.9 Å². The number of nitrogen functional groups attached to an aromatic ring is 1. The van der Waals surface area contributed by atoms with Crippen molar-refractivity contribution in [2.45, 2.75) is 58.2 Å². The highest BCUT2D eigenvalue weighted by atomic mass is 16.7. The molecule has 1 saturated heterocycles. The lowest BCUT2D eigenvalue weighted by atomic mass is 9.76. The average molecular weight is 524 g/mol. The smallest absolute Gasteiger partial charge is 0.449 e. The third kappa shape index (κ3) is 5.34. The van der Waals surface area contributed by atoms with Gasteiger partial charge in [0.1, 0.15) is 6.61 Å². The molecule has 7 heteroatoms. The van der Waals surface area contributed by atoms with Gasteiger partial charge in [0.15, 0.2) is 0 Å². The van der Waals surface area contributed by atoms with Gasteiger partial charge in [-0.3, -0.25) is 0 Å². The molecule has 3 aromatic carbocycles. The molecule has 1 aliphatic carbocycles. The van der Waals surface area contributed by atoms with Crippen LogP contribution in [0.5, 0.6) is 0 Å². The summed E-state index contributed by atoms with van der Waals surface area (Å²) in [6, 6.07) is 22.6. The molecular formula is C32H37BN2O4. The van der Waals surface area contributed by atoms with Crippen molar-refractivity contribution < 1.29 is 18.8 Å². The number of fused-ring (bicyclic) bond motifs is 3. The molecular weight excluding hydrogens is 487 g/mol. The van der Waals surface area contributed by atoms with Gasteiger partial charge >= 0.3 is 13.2 Å². The number of ether oxygens (including phenoxy) is 1. The van der Waals surface area contributed by atoms with E-state index in [-0.39, 0.29) is 19.1 Å². The van der Waals surface area contributed by atoms with Gasteiger partial charge in [-0.15, -0.1) is 0 Å². The van der Waals surface area contributed by atoms with E-state index in [9.17, 15) is 4.79 Å². The fourth-order valence-corrected chi connectivity index (χ4v) is 5.19. The van der Waals surface area contributed by atoms with Gasteiger partial charge in [0.2, 0.25) is 0 Å². The van der Waals surface area contributed by atoms with E-state index in [0.29, 0.717) is 5.69 Å². The highest BCUT2D eigenvalue weighted by molar-refractivity contribution is 6.56. The molecule has 1 heterocycles. The van der Waals surface area contributed by atoms with Crippen LogP contribution in [-0.2, 0) is 20.5 Å². The third-order valence-corrected chi connectivity index (χ3v) is 8.24. The molecule has 0 unspecified atom stereocenters. The maximum Gasteiger partial charge on any atom is 0.492 e. The van der Waals surface area contributed by atoms with E-state index in [2.05, 4.69) is 42.6 Å². The van der Waals surface area contributed by atoms with E-state index in [0.717, 1.165) is 17.5 Å². The quantitative estimate of drug-likeness (QED) is 0.277. The van der Waals surface area contributed by atoms with E-state index >= 15 is 0 Å². The first-order valence-corrected chi connectivity index (χ1v) is 13.6. The Bertz CT molecular complexity index is 1350. The van der Waals surface area contributed by atoms with Crippen LogP contribution in [0.25, 0.3) is 17.2 Å². The number of aryl methyl sites for hydroxylation is 1. The van der Waals surface area contributed by atoms with Crippen LogP contribution in [0.4, 0.5) is 10.5 Å². The number of benzene rings is 3. The number of amides is 1. The van der Waals surface area contributed by atoms with E-state index in [4.69, 9.17) is 19.8 Å². The first-order chi connectivity index (χ1) is 18.6. The fraction of sp³-hybridized carbons (Fsp3) is 0.344. The number of hydrogen-bond donors (Lipinski definition) is 2. The fourth-order valence-electron chi connectivity index (χ4n) is 5.19. The SMILES string of the molecule is CCc1ccc(N)c(C=C(CNC(=O)OCC2c3ccccc3-c3ccccc32)B2OC(C)(C)C(C)(C)O2)c1. The van der Waals surface area contributed by atoms with Gasteiger partial charge < -0.3 is 25.1 Å². The van der Waals surface area contributed by atoms with Crippen molar-refractivity contribution >= 4 is 25.0 Å². The molecule has 1 fully saturated rings.